The zero-order valence-electron chi connectivity index (χ0n) is 18.2. The first-order valence-electron chi connectivity index (χ1n) is 10.1. The molecule has 3 aromatic rings. The minimum Gasteiger partial charge on any atom is -0.496 e. The zero-order valence-corrected chi connectivity index (χ0v) is 19.8. The Morgan fingerprint density at radius 1 is 1.09 bits per heavy atom. The van der Waals surface area contributed by atoms with Crippen LogP contribution in [0.15, 0.2) is 82.8 Å². The molecule has 3 rings (SSSR count). The summed E-state index contributed by atoms with van der Waals surface area (Å²) in [5.41, 5.74) is 4.42. The van der Waals surface area contributed by atoms with Gasteiger partial charge in [-0.2, -0.15) is 9.41 Å². The molecule has 0 aliphatic carbocycles. The summed E-state index contributed by atoms with van der Waals surface area (Å²) in [7, 11) is -2.46. The fourth-order valence-electron chi connectivity index (χ4n) is 3.12. The number of amides is 1. The van der Waals surface area contributed by atoms with E-state index in [-0.39, 0.29) is 11.4 Å². The number of methoxy groups -OCH3 is 1. The Balaban J connectivity index is 1.82. The van der Waals surface area contributed by atoms with E-state index in [1.807, 2.05) is 18.2 Å². The van der Waals surface area contributed by atoms with Gasteiger partial charge in [-0.1, -0.05) is 60.1 Å². The first-order valence-corrected chi connectivity index (χ1v) is 11.9. The number of hydrazone groups is 1. The van der Waals surface area contributed by atoms with Crippen molar-refractivity contribution in [2.45, 2.75) is 18.4 Å². The van der Waals surface area contributed by atoms with Crippen LogP contribution in [0.3, 0.4) is 0 Å². The molecule has 0 saturated carbocycles. The second kappa shape index (κ2) is 11.1. The molecular formula is C24H24ClN3O4S. The van der Waals surface area contributed by atoms with Gasteiger partial charge >= 0.3 is 0 Å². The number of nitrogens with zero attached hydrogens (tertiary/aromatic N) is 2. The molecule has 0 spiro atoms. The summed E-state index contributed by atoms with van der Waals surface area (Å²) in [6.45, 7) is 1.37. The molecule has 1 amide bonds. The number of hydrogen-bond donors (Lipinski definition) is 1. The average molecular weight is 486 g/mol. The van der Waals surface area contributed by atoms with E-state index in [9.17, 15) is 13.2 Å². The Kier molecular flexibility index (Phi) is 8.21. The van der Waals surface area contributed by atoms with Crippen molar-refractivity contribution in [2.24, 2.45) is 5.10 Å². The van der Waals surface area contributed by atoms with Gasteiger partial charge in [0.15, 0.2) is 0 Å². The first kappa shape index (κ1) is 24.4. The maximum absolute atomic E-state index is 13.4. The van der Waals surface area contributed by atoms with E-state index in [0.29, 0.717) is 21.9 Å². The van der Waals surface area contributed by atoms with Gasteiger partial charge in [-0.25, -0.2) is 13.8 Å². The molecule has 0 atom stereocenters. The molecule has 0 aliphatic heterocycles. The van der Waals surface area contributed by atoms with Crippen molar-refractivity contribution in [3.8, 4) is 5.75 Å². The van der Waals surface area contributed by atoms with Crippen LogP contribution in [-0.2, 0) is 21.4 Å². The van der Waals surface area contributed by atoms with Gasteiger partial charge in [0.1, 0.15) is 5.75 Å². The van der Waals surface area contributed by atoms with Crippen LogP contribution in [0.1, 0.15) is 16.7 Å². The predicted octanol–water partition coefficient (Wildman–Crippen LogP) is 4.00. The molecule has 172 valence electrons. The van der Waals surface area contributed by atoms with Crippen molar-refractivity contribution in [3.63, 3.8) is 0 Å². The molecule has 3 aromatic carbocycles. The Morgan fingerprint density at radius 3 is 2.45 bits per heavy atom. The standard InChI is InChI=1S/C24H24ClN3O4S/c1-18-14-21(12-13-23(18)32-2)33(30,31)28(16-19-8-4-3-5-9-19)17-24(29)27-26-15-20-10-6-7-11-22(20)25/h3-15H,16-17H2,1-2H3,(H,27,29)/b26-15+. The van der Waals surface area contributed by atoms with E-state index in [0.717, 1.165) is 9.87 Å². The first-order chi connectivity index (χ1) is 15.8. The number of carbonyl (C=O) groups is 1. The lowest BCUT2D eigenvalue weighted by Crippen LogP contribution is -2.39. The quantitative estimate of drug-likeness (QED) is 0.366. The summed E-state index contributed by atoms with van der Waals surface area (Å²) in [5.74, 6) is -0.00162. The van der Waals surface area contributed by atoms with Gasteiger partial charge in [0.25, 0.3) is 5.91 Å². The van der Waals surface area contributed by atoms with E-state index in [2.05, 4.69) is 10.5 Å². The molecule has 0 radical (unpaired) electrons. The van der Waals surface area contributed by atoms with Crippen molar-refractivity contribution in [2.75, 3.05) is 13.7 Å². The molecular weight excluding hydrogens is 462 g/mol. The topological polar surface area (TPSA) is 88.1 Å². The normalized spacial score (nSPS) is 11.6. The van der Waals surface area contributed by atoms with Gasteiger partial charge in [-0.15, -0.1) is 0 Å². The Morgan fingerprint density at radius 2 is 1.79 bits per heavy atom. The minimum atomic E-state index is -3.98. The van der Waals surface area contributed by atoms with Gasteiger partial charge < -0.3 is 4.74 Å². The largest absolute Gasteiger partial charge is 0.496 e. The number of ether oxygens (including phenoxy) is 1. The number of rotatable bonds is 9. The third-order valence-electron chi connectivity index (χ3n) is 4.82. The molecule has 7 nitrogen and oxygen atoms in total. The lowest BCUT2D eigenvalue weighted by molar-refractivity contribution is -0.121. The molecule has 1 N–H and O–H groups in total. The van der Waals surface area contributed by atoms with E-state index < -0.39 is 22.5 Å². The fourth-order valence-corrected chi connectivity index (χ4v) is 4.78. The molecule has 0 aliphatic rings. The van der Waals surface area contributed by atoms with Crippen molar-refractivity contribution in [1.82, 2.24) is 9.73 Å². The van der Waals surface area contributed by atoms with Crippen LogP contribution in [0, 0.1) is 6.92 Å². The van der Waals surface area contributed by atoms with Crippen LogP contribution < -0.4 is 10.2 Å². The molecule has 0 bridgehead atoms. The Bertz CT molecular complexity index is 1250. The number of benzene rings is 3. The van der Waals surface area contributed by atoms with Crippen LogP contribution in [0.25, 0.3) is 0 Å². The summed E-state index contributed by atoms with van der Waals surface area (Å²) in [6.07, 6.45) is 1.41. The van der Waals surface area contributed by atoms with Crippen LogP contribution in [0.2, 0.25) is 5.02 Å². The van der Waals surface area contributed by atoms with Gasteiger partial charge in [0.2, 0.25) is 10.0 Å². The third kappa shape index (κ3) is 6.41. The second-order valence-electron chi connectivity index (χ2n) is 7.20. The van der Waals surface area contributed by atoms with Crippen LogP contribution in [0.4, 0.5) is 0 Å². The maximum Gasteiger partial charge on any atom is 0.255 e. The molecule has 0 saturated heterocycles. The second-order valence-corrected chi connectivity index (χ2v) is 9.55. The SMILES string of the molecule is COc1ccc(S(=O)(=O)N(CC(=O)N/N=C/c2ccccc2Cl)Cc2ccccc2)cc1C. The van der Waals surface area contributed by atoms with E-state index in [1.165, 1.54) is 25.5 Å². The number of carbonyl (C=O) groups excluding carboxylic acids is 1. The van der Waals surface area contributed by atoms with Crippen molar-refractivity contribution in [1.29, 1.82) is 0 Å². The van der Waals surface area contributed by atoms with Gasteiger partial charge in [-0.05, 0) is 42.3 Å². The maximum atomic E-state index is 13.4. The highest BCUT2D eigenvalue weighted by molar-refractivity contribution is 7.89. The van der Waals surface area contributed by atoms with Crippen LogP contribution >= 0.6 is 11.6 Å². The smallest absolute Gasteiger partial charge is 0.255 e. The monoisotopic (exact) mass is 485 g/mol. The highest BCUT2D eigenvalue weighted by atomic mass is 35.5. The highest BCUT2D eigenvalue weighted by Crippen LogP contribution is 2.24. The summed E-state index contributed by atoms with van der Waals surface area (Å²) >= 11 is 6.08. The van der Waals surface area contributed by atoms with Gasteiger partial charge in [0.05, 0.1) is 24.8 Å². The number of hydrogen-bond acceptors (Lipinski definition) is 5. The molecule has 0 heterocycles. The van der Waals surface area contributed by atoms with Gasteiger partial charge in [0, 0.05) is 17.1 Å². The zero-order chi connectivity index (χ0) is 23.8. The summed E-state index contributed by atoms with van der Waals surface area (Å²) in [6, 6.07) is 20.7. The molecule has 9 heteroatoms. The highest BCUT2D eigenvalue weighted by Gasteiger charge is 2.27. The van der Waals surface area contributed by atoms with Crippen molar-refractivity contribution < 1.29 is 17.9 Å². The molecule has 0 aromatic heterocycles. The number of halogens is 1. The number of nitrogens with one attached hydrogen (secondary N) is 1. The van der Waals surface area contributed by atoms with E-state index in [1.54, 1.807) is 49.4 Å². The number of sulfonamides is 1. The summed E-state index contributed by atoms with van der Waals surface area (Å²) in [5, 5.41) is 4.39. The summed E-state index contributed by atoms with van der Waals surface area (Å²) < 4.78 is 33.2. The Hall–Kier alpha value is -3.20. The summed E-state index contributed by atoms with van der Waals surface area (Å²) in [4.78, 5) is 12.7. The lowest BCUT2D eigenvalue weighted by atomic mass is 10.2. The van der Waals surface area contributed by atoms with Crippen LogP contribution in [-0.4, -0.2) is 38.5 Å². The number of aryl methyl sites for hydroxylation is 1. The molecule has 0 unspecified atom stereocenters. The Labute approximate surface area is 198 Å². The predicted molar refractivity (Wildman–Crippen MR) is 129 cm³/mol. The average Bonchev–Trinajstić information content (AvgIpc) is 2.80. The van der Waals surface area contributed by atoms with E-state index in [4.69, 9.17) is 16.3 Å². The lowest BCUT2D eigenvalue weighted by Gasteiger charge is -2.22. The minimum absolute atomic E-state index is 0.0237. The van der Waals surface area contributed by atoms with Gasteiger partial charge in [-0.3, -0.25) is 4.79 Å². The third-order valence-corrected chi connectivity index (χ3v) is 6.96. The molecule has 0 fully saturated rings. The van der Waals surface area contributed by atoms with Crippen molar-refractivity contribution >= 4 is 33.7 Å². The van der Waals surface area contributed by atoms with Crippen LogP contribution in [0.5, 0.6) is 5.75 Å². The molecule has 33 heavy (non-hydrogen) atoms. The van der Waals surface area contributed by atoms with Crippen molar-refractivity contribution in [3.05, 3.63) is 94.5 Å². The van der Waals surface area contributed by atoms with E-state index >= 15 is 0 Å². The fraction of sp³-hybridized carbons (Fsp3) is 0.167.